The van der Waals surface area contributed by atoms with E-state index in [1.54, 1.807) is 0 Å². The molecule has 0 amide bonds. The monoisotopic (exact) mass is 1640 g/mol. The van der Waals surface area contributed by atoms with E-state index in [1.165, 1.54) is 36.4 Å². The van der Waals surface area contributed by atoms with Crippen molar-refractivity contribution >= 4 is 175 Å². The summed E-state index contributed by atoms with van der Waals surface area (Å²) in [6.07, 6.45) is 3.53. The first-order valence-electron chi connectivity index (χ1n) is 27.9. The van der Waals surface area contributed by atoms with Gasteiger partial charge in [0, 0.05) is 28.4 Å². The number of carbonyl (C=O) groups excluding carboxylic acids is 2. The summed E-state index contributed by atoms with van der Waals surface area (Å²) in [5.74, 6) is -5.75. The van der Waals surface area contributed by atoms with Crippen LogP contribution in [0, 0.1) is 5.21 Å². The molecule has 0 fully saturated rings. The smallest absolute Gasteiger partial charge is 0.871 e. The van der Waals surface area contributed by atoms with Gasteiger partial charge in [0.2, 0.25) is 5.69 Å². The van der Waals surface area contributed by atoms with Crippen molar-refractivity contribution in [2.75, 3.05) is 0 Å². The Morgan fingerprint density at radius 2 is 0.638 bits per heavy atom. The van der Waals surface area contributed by atoms with Gasteiger partial charge in [-0.25, -0.2) is 50.5 Å². The average Bonchev–Trinajstić information content (AvgIpc) is 0.769. The number of fused-ring (bicyclic) bond motifs is 2. The van der Waals surface area contributed by atoms with Crippen molar-refractivity contribution < 1.29 is 155 Å². The van der Waals surface area contributed by atoms with Crippen LogP contribution in [0.25, 0.3) is 45.8 Å². The van der Waals surface area contributed by atoms with Crippen molar-refractivity contribution in [1.82, 2.24) is 0 Å². The normalized spacial score (nSPS) is 12.9. The minimum Gasteiger partial charge on any atom is -0.871 e. The summed E-state index contributed by atoms with van der Waals surface area (Å²) in [6.45, 7) is 0. The summed E-state index contributed by atoms with van der Waals surface area (Å²) in [7, 11) is -32.7. The fourth-order valence-electron chi connectivity index (χ4n) is 9.57. The number of benzene rings is 10. The van der Waals surface area contributed by atoms with Crippen LogP contribution in [0.5, 0.6) is 11.5 Å². The molecule has 0 saturated carbocycles. The van der Waals surface area contributed by atoms with Gasteiger partial charge in [0.05, 0.1) is 86.8 Å². The van der Waals surface area contributed by atoms with Crippen LogP contribution in [0.2, 0.25) is 0 Å². The first-order chi connectivity index (χ1) is 48.2. The third kappa shape index (κ3) is 18.7. The van der Waals surface area contributed by atoms with Gasteiger partial charge < -0.3 is 62.5 Å². The number of hydrogen-bond acceptors (Lipinski definition) is 34. The predicted octanol–water partition coefficient (Wildman–Crippen LogP) is 8.89. The number of rotatable bonds is 22. The second kappa shape index (κ2) is 31.2. The molecule has 0 bridgehead atoms. The third-order valence-corrected chi connectivity index (χ3v) is 19.5. The van der Waals surface area contributed by atoms with E-state index in [0.29, 0.717) is 12.1 Å². The molecule has 43 heteroatoms. The molecule has 35 nitrogen and oxygen atoms in total. The number of nitrogens with zero attached hydrogens (tertiary/aromatic N) is 10. The second-order valence-electron chi connectivity index (χ2n) is 21.0. The van der Waals surface area contributed by atoms with Crippen molar-refractivity contribution in [1.29, 1.82) is 0 Å². The number of hydrogen-bond donors (Lipinski definition) is 0. The number of carboxylic acid groups (broad SMARTS) is 2. The van der Waals surface area contributed by atoms with Crippen LogP contribution in [0.15, 0.2) is 245 Å². The molecule has 2 radical (unpaired) electrons. The summed E-state index contributed by atoms with van der Waals surface area (Å²) in [6, 6.07) is 28.7. The van der Waals surface area contributed by atoms with Crippen molar-refractivity contribution in [3.8, 4) is 11.5 Å². The Morgan fingerprint density at radius 1 is 0.343 bits per heavy atom. The summed E-state index contributed by atoms with van der Waals surface area (Å²) < 4.78 is 224. The molecular weight excluding hydrogens is 1600 g/mol. The Kier molecular flexibility index (Phi) is 23.7. The Balaban J connectivity index is 0.00000523. The van der Waals surface area contributed by atoms with E-state index in [9.17, 15) is 113 Å². The van der Waals surface area contributed by atoms with Gasteiger partial charge >= 0.3 is 42.7 Å². The summed E-state index contributed by atoms with van der Waals surface area (Å²) in [5.41, 5.74) is -7.78. The van der Waals surface area contributed by atoms with Crippen LogP contribution in [-0.4, -0.2) is 94.6 Å². The Bertz CT molecular complexity index is 6300. The molecule has 0 spiro atoms. The van der Waals surface area contributed by atoms with Crippen molar-refractivity contribution in [2.24, 2.45) is 46.0 Å². The van der Waals surface area contributed by atoms with E-state index in [4.69, 9.17) is 0 Å². The molecule has 10 aromatic carbocycles. The summed E-state index contributed by atoms with van der Waals surface area (Å²) in [5, 5.41) is 96.8. The molecule has 0 unspecified atom stereocenters. The number of aromatic carboxylic acids is 2. The van der Waals surface area contributed by atoms with Gasteiger partial charge in [-0.05, 0) is 135 Å². The number of azo groups is 5. The van der Waals surface area contributed by atoms with Crippen LogP contribution >= 0.6 is 0 Å². The van der Waals surface area contributed by atoms with Crippen LogP contribution in [0.4, 0.5) is 56.9 Å². The van der Waals surface area contributed by atoms with Crippen LogP contribution < -0.4 is 20.4 Å². The topological polar surface area (TPSA) is 607 Å². The summed E-state index contributed by atoms with van der Waals surface area (Å²) in [4.78, 5) is 16.4. The van der Waals surface area contributed by atoms with Gasteiger partial charge in [-0.3, -0.25) is 0 Å². The standard InChI is InChI=1S/C62H42N10O25S6.2Cu/c73-59-47-27-39(21-16-37(47)25-55(102(92,93)94)57(59)69-67-49-7-3-1-5-45(49)61(75)76)63-65-41-19-13-33(51(29-41)98(80,81)82)9-10-35-15-23-43(31-53(35)100(86,87)88)71-72(79)44-24-18-36(54(32-44)101(89,90)91)12-11-34-14-20-42(30-52(34)99(83,84)85)66-64-40-22-17-38-26-56(103(95,96)97)58(60(74)48(38)28-40)70-68-50-8-4-2-6-46(50)62(77)78;;/h1-32,73-74H,(H,75,76)(H,77,78)(H,80,81,82)(H,83,84,85)(H,86,87,88)(H,89,90,91)(H,92,93,94)(H,95,96,97);;/q;2*+2/p-4/b10-9+,12-11+,65-63?,66-64?,69-67?,70-68?,72-71?;;. The maximum Gasteiger partial charge on any atom is 2.00 e. The van der Waals surface area contributed by atoms with Gasteiger partial charge in [0.25, 0.3) is 0 Å². The molecule has 0 aliphatic rings. The fourth-order valence-corrected chi connectivity index (χ4v) is 13.6. The second-order valence-corrected chi connectivity index (χ2v) is 29.1. The SMILES string of the molecule is O=C([O-])c1ccccc1N=Nc1c(S(=O)(=O)[O-])cc2ccc(N=Nc3ccc(/C=C/c4ccc(N=[N+]([O-])c5ccc(/C=C/c6ccc(N=Nc7ccc8cc(S(=O)(=O)[O-])c(N=Nc9ccccc9C(=O)[O-])c([O-])c8c7)cc6S(=O)(=O)[O-])c(S(=O)(=O)[O-])c5)cc4S(=O)(=O)[O-])c(S(=O)(=O)[O-])c3)cc2c1[O-].[Cu+2].[Cu+2].[H+].[H+].[H+].[H+].[H+].[H+]. The van der Waals surface area contributed by atoms with E-state index in [1.807, 2.05) is 0 Å². The molecule has 0 aliphatic carbocycles. The molecule has 10 aromatic rings. The fraction of sp³-hybridized carbons (Fsp3) is 0. The van der Waals surface area contributed by atoms with Gasteiger partial charge in [-0.15, -0.1) is 20.5 Å². The zero-order valence-electron chi connectivity index (χ0n) is 57.2. The zero-order valence-corrected chi connectivity index (χ0v) is 58.0. The Labute approximate surface area is 622 Å². The zero-order chi connectivity index (χ0) is 74.9. The van der Waals surface area contributed by atoms with Gasteiger partial charge in [0.15, 0.2) is 0 Å². The molecule has 0 aromatic heterocycles. The van der Waals surface area contributed by atoms with Gasteiger partial charge in [0.1, 0.15) is 66.4 Å². The minimum atomic E-state index is -5.56. The van der Waals surface area contributed by atoms with Crippen LogP contribution in [0.3, 0.4) is 0 Å². The molecule has 0 N–H and O–H groups in total. The maximum absolute atomic E-state index is 13.6. The molecule has 0 heterocycles. The molecular formula is C62H38Cu2N10O25S6. The summed E-state index contributed by atoms with van der Waals surface area (Å²) >= 11 is 0. The van der Waals surface area contributed by atoms with E-state index >= 15 is 0 Å². The van der Waals surface area contributed by atoms with Gasteiger partial charge in [-0.1, -0.05) is 107 Å². The first-order valence-corrected chi connectivity index (χ1v) is 36.4. The van der Waals surface area contributed by atoms with Gasteiger partial charge in [-0.2, -0.15) is 20.5 Å². The maximum atomic E-state index is 13.6. The molecule has 10 rings (SSSR count). The molecule has 0 atom stereocenters. The third-order valence-electron chi connectivity index (χ3n) is 14.3. The molecule has 0 aliphatic heterocycles. The van der Waals surface area contributed by atoms with Crippen LogP contribution in [-0.2, 0) is 94.8 Å². The van der Waals surface area contributed by atoms with Crippen molar-refractivity contribution in [3.05, 3.63) is 208 Å². The van der Waals surface area contributed by atoms with E-state index in [0.717, 1.165) is 146 Å². The largest absolute Gasteiger partial charge is 2.00 e. The number of carboxylic acids is 2. The first kappa shape index (κ1) is 79.7. The Hall–Kier alpha value is -11.0. The van der Waals surface area contributed by atoms with Crippen molar-refractivity contribution in [3.63, 3.8) is 0 Å². The van der Waals surface area contributed by atoms with E-state index in [-0.39, 0.29) is 103 Å². The van der Waals surface area contributed by atoms with E-state index in [2.05, 4.69) is 46.0 Å². The molecule has 544 valence electrons. The predicted molar refractivity (Wildman–Crippen MR) is 348 cm³/mol. The Morgan fingerprint density at radius 3 is 0.981 bits per heavy atom. The number of carbonyl (C=O) groups is 2. The molecule has 105 heavy (non-hydrogen) atoms. The van der Waals surface area contributed by atoms with Crippen molar-refractivity contribution in [2.45, 2.75) is 29.4 Å². The van der Waals surface area contributed by atoms with E-state index < -0.39 is 170 Å². The molecule has 0 saturated heterocycles. The minimum absolute atomic E-state index is 0. The quantitative estimate of drug-likeness (QED) is 0.0152. The average molecular weight is 1640 g/mol. The van der Waals surface area contributed by atoms with Crippen LogP contribution in [0.1, 0.15) is 51.5 Å².